The van der Waals surface area contributed by atoms with Crippen LogP contribution in [0.2, 0.25) is 0 Å². The van der Waals surface area contributed by atoms with Gasteiger partial charge in [0.15, 0.2) is 0 Å². The maximum absolute atomic E-state index is 6.04. The average Bonchev–Trinajstić information content (AvgIpc) is 2.42. The van der Waals surface area contributed by atoms with E-state index in [4.69, 9.17) is 5.73 Å². The molecular formula is C17H21N. The molecule has 1 atom stereocenters. The van der Waals surface area contributed by atoms with Crippen molar-refractivity contribution < 1.29 is 0 Å². The Morgan fingerprint density at radius 1 is 0.944 bits per heavy atom. The van der Waals surface area contributed by atoms with Crippen molar-refractivity contribution in [3.05, 3.63) is 71.3 Å². The number of hydrogen-bond acceptors (Lipinski definition) is 1. The molecule has 1 nitrogen and oxygen atoms in total. The molecule has 0 spiro atoms. The number of aryl methyl sites for hydroxylation is 1. The quantitative estimate of drug-likeness (QED) is 0.869. The van der Waals surface area contributed by atoms with Crippen molar-refractivity contribution in [1.29, 1.82) is 0 Å². The molecule has 0 amide bonds. The van der Waals surface area contributed by atoms with Gasteiger partial charge in [-0.1, -0.05) is 61.5 Å². The summed E-state index contributed by atoms with van der Waals surface area (Å²) in [5, 5.41) is 0. The molecule has 0 aliphatic rings. The molecular weight excluding hydrogens is 218 g/mol. The predicted molar refractivity (Wildman–Crippen MR) is 77.7 cm³/mol. The Kier molecular flexibility index (Phi) is 3.83. The number of benzene rings is 2. The van der Waals surface area contributed by atoms with E-state index in [1.54, 1.807) is 0 Å². The zero-order chi connectivity index (χ0) is 13.0. The van der Waals surface area contributed by atoms with Crippen LogP contribution in [-0.4, -0.2) is 6.54 Å². The first-order valence-electron chi connectivity index (χ1n) is 6.46. The van der Waals surface area contributed by atoms with Crippen molar-refractivity contribution in [2.24, 2.45) is 5.73 Å². The summed E-state index contributed by atoms with van der Waals surface area (Å²) in [6.07, 6.45) is 0.986. The van der Waals surface area contributed by atoms with E-state index < -0.39 is 0 Å². The van der Waals surface area contributed by atoms with Gasteiger partial charge in [0, 0.05) is 12.0 Å². The Labute approximate surface area is 110 Å². The normalized spacial score (nSPS) is 14.2. The molecule has 0 aliphatic carbocycles. The highest BCUT2D eigenvalue weighted by atomic mass is 14.6. The number of hydrogen-bond donors (Lipinski definition) is 1. The molecule has 1 heteroatoms. The monoisotopic (exact) mass is 239 g/mol. The summed E-state index contributed by atoms with van der Waals surface area (Å²) in [7, 11) is 0. The van der Waals surface area contributed by atoms with Gasteiger partial charge in [-0.3, -0.25) is 0 Å². The molecule has 1 unspecified atom stereocenters. The summed E-state index contributed by atoms with van der Waals surface area (Å²) in [5.41, 5.74) is 10.1. The van der Waals surface area contributed by atoms with Crippen molar-refractivity contribution in [3.63, 3.8) is 0 Å². The molecule has 0 bridgehead atoms. The fourth-order valence-electron chi connectivity index (χ4n) is 2.36. The van der Waals surface area contributed by atoms with Gasteiger partial charge in [0.25, 0.3) is 0 Å². The van der Waals surface area contributed by atoms with E-state index in [0.29, 0.717) is 6.54 Å². The lowest BCUT2D eigenvalue weighted by Crippen LogP contribution is -2.34. The zero-order valence-electron chi connectivity index (χ0n) is 11.2. The fourth-order valence-corrected chi connectivity index (χ4v) is 2.36. The van der Waals surface area contributed by atoms with Crippen molar-refractivity contribution in [2.45, 2.75) is 25.7 Å². The second kappa shape index (κ2) is 5.36. The van der Waals surface area contributed by atoms with Crippen LogP contribution in [-0.2, 0) is 11.8 Å². The van der Waals surface area contributed by atoms with Gasteiger partial charge in [-0.2, -0.15) is 0 Å². The third-order valence-electron chi connectivity index (χ3n) is 3.76. The van der Waals surface area contributed by atoms with Crippen LogP contribution in [0.15, 0.2) is 54.6 Å². The SMILES string of the molecule is Cc1ccccc1CC(C)(CN)c1ccccc1. The van der Waals surface area contributed by atoms with Gasteiger partial charge < -0.3 is 5.73 Å². The molecule has 0 radical (unpaired) electrons. The highest BCUT2D eigenvalue weighted by Gasteiger charge is 2.25. The fraction of sp³-hybridized carbons (Fsp3) is 0.294. The minimum absolute atomic E-state index is 0.00731. The Bertz CT molecular complexity index is 504. The third-order valence-corrected chi connectivity index (χ3v) is 3.76. The lowest BCUT2D eigenvalue weighted by molar-refractivity contribution is 0.480. The van der Waals surface area contributed by atoms with Crippen LogP contribution in [0.1, 0.15) is 23.6 Å². The Balaban J connectivity index is 2.32. The lowest BCUT2D eigenvalue weighted by Gasteiger charge is -2.29. The van der Waals surface area contributed by atoms with Gasteiger partial charge >= 0.3 is 0 Å². The molecule has 94 valence electrons. The van der Waals surface area contributed by atoms with Crippen LogP contribution >= 0.6 is 0 Å². The van der Waals surface area contributed by atoms with Crippen LogP contribution in [0.25, 0.3) is 0 Å². The van der Waals surface area contributed by atoms with Gasteiger partial charge in [-0.25, -0.2) is 0 Å². The van der Waals surface area contributed by atoms with Gasteiger partial charge in [-0.05, 0) is 30.0 Å². The summed E-state index contributed by atoms with van der Waals surface area (Å²) < 4.78 is 0. The average molecular weight is 239 g/mol. The summed E-state index contributed by atoms with van der Waals surface area (Å²) in [4.78, 5) is 0. The molecule has 0 fully saturated rings. The summed E-state index contributed by atoms with van der Waals surface area (Å²) >= 11 is 0. The molecule has 0 saturated heterocycles. The van der Waals surface area contributed by atoms with Crippen molar-refractivity contribution in [3.8, 4) is 0 Å². The molecule has 2 rings (SSSR count). The smallest absolute Gasteiger partial charge is 0.00876 e. The molecule has 18 heavy (non-hydrogen) atoms. The van der Waals surface area contributed by atoms with Crippen LogP contribution < -0.4 is 5.73 Å². The van der Waals surface area contributed by atoms with E-state index >= 15 is 0 Å². The van der Waals surface area contributed by atoms with Crippen LogP contribution in [0, 0.1) is 6.92 Å². The van der Waals surface area contributed by atoms with Gasteiger partial charge in [0.2, 0.25) is 0 Å². The summed E-state index contributed by atoms with van der Waals surface area (Å²) in [6.45, 7) is 5.07. The first-order valence-corrected chi connectivity index (χ1v) is 6.46. The largest absolute Gasteiger partial charge is 0.330 e. The van der Waals surface area contributed by atoms with Crippen LogP contribution in [0.4, 0.5) is 0 Å². The maximum Gasteiger partial charge on any atom is 0.00876 e. The van der Waals surface area contributed by atoms with Crippen LogP contribution in [0.3, 0.4) is 0 Å². The minimum atomic E-state index is 0.00731. The van der Waals surface area contributed by atoms with Crippen molar-refractivity contribution >= 4 is 0 Å². The Morgan fingerprint density at radius 2 is 1.56 bits per heavy atom. The highest BCUT2D eigenvalue weighted by molar-refractivity contribution is 5.32. The number of nitrogens with two attached hydrogens (primary N) is 1. The first kappa shape index (κ1) is 12.8. The predicted octanol–water partition coefficient (Wildman–Crippen LogP) is 3.45. The Morgan fingerprint density at radius 3 is 2.17 bits per heavy atom. The lowest BCUT2D eigenvalue weighted by atomic mass is 9.76. The van der Waals surface area contributed by atoms with E-state index in [9.17, 15) is 0 Å². The second-order valence-electron chi connectivity index (χ2n) is 5.23. The molecule has 0 aliphatic heterocycles. The van der Waals surface area contributed by atoms with Gasteiger partial charge in [0.1, 0.15) is 0 Å². The third kappa shape index (κ3) is 2.62. The number of rotatable bonds is 4. The van der Waals surface area contributed by atoms with Gasteiger partial charge in [0.05, 0.1) is 0 Å². The minimum Gasteiger partial charge on any atom is -0.330 e. The molecule has 2 aromatic carbocycles. The van der Waals surface area contributed by atoms with E-state index in [0.717, 1.165) is 6.42 Å². The molecule has 2 aromatic rings. The maximum atomic E-state index is 6.04. The van der Waals surface area contributed by atoms with E-state index in [2.05, 4.69) is 62.4 Å². The standard InChI is InChI=1S/C17H21N/c1-14-8-6-7-9-15(14)12-17(2,13-18)16-10-4-3-5-11-16/h3-11H,12-13,18H2,1-2H3. The van der Waals surface area contributed by atoms with Crippen LogP contribution in [0.5, 0.6) is 0 Å². The Hall–Kier alpha value is -1.60. The zero-order valence-corrected chi connectivity index (χ0v) is 11.2. The van der Waals surface area contributed by atoms with E-state index in [1.165, 1.54) is 16.7 Å². The highest BCUT2D eigenvalue weighted by Crippen LogP contribution is 2.28. The molecule has 0 saturated carbocycles. The van der Waals surface area contributed by atoms with E-state index in [-0.39, 0.29) is 5.41 Å². The molecule has 0 aromatic heterocycles. The van der Waals surface area contributed by atoms with Crippen molar-refractivity contribution in [1.82, 2.24) is 0 Å². The summed E-state index contributed by atoms with van der Waals surface area (Å²) in [6, 6.07) is 19.1. The molecule has 2 N–H and O–H groups in total. The van der Waals surface area contributed by atoms with Gasteiger partial charge in [-0.15, -0.1) is 0 Å². The molecule has 0 heterocycles. The first-order chi connectivity index (χ1) is 8.65. The van der Waals surface area contributed by atoms with Crippen molar-refractivity contribution in [2.75, 3.05) is 6.54 Å². The second-order valence-corrected chi connectivity index (χ2v) is 5.23. The summed E-state index contributed by atoms with van der Waals surface area (Å²) in [5.74, 6) is 0. The van der Waals surface area contributed by atoms with E-state index in [1.807, 2.05) is 6.07 Å². The topological polar surface area (TPSA) is 26.0 Å².